The highest BCUT2D eigenvalue weighted by molar-refractivity contribution is 7.22. The van der Waals surface area contributed by atoms with E-state index in [1.807, 2.05) is 70.2 Å². The minimum Gasteiger partial charge on any atom is -0.507 e. The van der Waals surface area contributed by atoms with Crippen LogP contribution in [0.4, 0.5) is 5.13 Å². The van der Waals surface area contributed by atoms with Crippen LogP contribution in [0.2, 0.25) is 0 Å². The number of aryl methyl sites for hydroxylation is 1. The first-order valence-electron chi connectivity index (χ1n) is 12.8. The highest BCUT2D eigenvalue weighted by Gasteiger charge is 2.48. The summed E-state index contributed by atoms with van der Waals surface area (Å²) < 4.78 is 11.9. The van der Waals surface area contributed by atoms with Gasteiger partial charge in [-0.3, -0.25) is 14.5 Å². The summed E-state index contributed by atoms with van der Waals surface area (Å²) in [5, 5.41) is 12.0. The van der Waals surface area contributed by atoms with Crippen molar-refractivity contribution in [3.8, 4) is 11.5 Å². The van der Waals surface area contributed by atoms with Crippen molar-refractivity contribution >= 4 is 44.1 Å². The number of carbonyl (C=O) groups is 2. The lowest BCUT2D eigenvalue weighted by Crippen LogP contribution is -2.29. The highest BCUT2D eigenvalue weighted by atomic mass is 32.1. The molecule has 1 saturated heterocycles. The number of benzene rings is 3. The number of fused-ring (bicyclic) bond motifs is 1. The molecule has 0 bridgehead atoms. The Morgan fingerprint density at radius 3 is 2.59 bits per heavy atom. The summed E-state index contributed by atoms with van der Waals surface area (Å²) in [7, 11) is 1.59. The summed E-state index contributed by atoms with van der Waals surface area (Å²) >= 11 is 1.30. The van der Waals surface area contributed by atoms with Crippen molar-refractivity contribution in [2.24, 2.45) is 0 Å². The summed E-state index contributed by atoms with van der Waals surface area (Å²) in [4.78, 5) is 33.3. The van der Waals surface area contributed by atoms with Crippen molar-refractivity contribution in [2.75, 3.05) is 18.6 Å². The number of anilines is 1. The van der Waals surface area contributed by atoms with Crippen molar-refractivity contribution < 1.29 is 24.2 Å². The number of nitrogens with zero attached hydrogens (tertiary/aromatic N) is 2. The zero-order valence-electron chi connectivity index (χ0n) is 22.5. The Bertz CT molecular complexity index is 1620. The maximum Gasteiger partial charge on any atom is 0.301 e. The average Bonchev–Trinajstić information content (AvgIpc) is 3.46. The molecule has 1 aliphatic rings. The van der Waals surface area contributed by atoms with Crippen LogP contribution in [0.5, 0.6) is 11.5 Å². The number of rotatable bonds is 7. The van der Waals surface area contributed by atoms with E-state index in [0.717, 1.165) is 21.6 Å². The Kier molecular flexibility index (Phi) is 7.14. The second kappa shape index (κ2) is 10.5. The topological polar surface area (TPSA) is 89.0 Å². The zero-order chi connectivity index (χ0) is 27.8. The lowest BCUT2D eigenvalue weighted by molar-refractivity contribution is -0.132. The van der Waals surface area contributed by atoms with E-state index in [-0.39, 0.29) is 17.3 Å². The molecule has 8 heteroatoms. The number of hydrogen-bond donors (Lipinski definition) is 1. The maximum atomic E-state index is 13.6. The quantitative estimate of drug-likeness (QED) is 0.158. The molecule has 1 atom stereocenters. The molecule has 0 radical (unpaired) electrons. The van der Waals surface area contributed by atoms with Gasteiger partial charge in [-0.1, -0.05) is 55.0 Å². The van der Waals surface area contributed by atoms with Gasteiger partial charge in [0.25, 0.3) is 5.78 Å². The van der Waals surface area contributed by atoms with E-state index in [9.17, 15) is 14.7 Å². The number of ether oxygens (including phenoxy) is 2. The van der Waals surface area contributed by atoms with Gasteiger partial charge in [0.15, 0.2) is 5.13 Å². The van der Waals surface area contributed by atoms with Crippen LogP contribution in [0, 0.1) is 6.92 Å². The molecule has 1 aliphatic heterocycles. The third kappa shape index (κ3) is 4.76. The van der Waals surface area contributed by atoms with Gasteiger partial charge in [0.05, 0.1) is 35.5 Å². The molecule has 0 spiro atoms. The summed E-state index contributed by atoms with van der Waals surface area (Å²) in [6, 6.07) is 17.6. The maximum absolute atomic E-state index is 13.6. The molecule has 3 aromatic carbocycles. The molecule has 0 aliphatic carbocycles. The fourth-order valence-corrected chi connectivity index (χ4v) is 5.92. The molecule has 1 N–H and O–H groups in total. The van der Waals surface area contributed by atoms with Crippen LogP contribution in [0.1, 0.15) is 55.0 Å². The van der Waals surface area contributed by atoms with E-state index in [4.69, 9.17) is 9.47 Å². The molecule has 1 unspecified atom stereocenters. The van der Waals surface area contributed by atoms with E-state index in [1.54, 1.807) is 25.3 Å². The smallest absolute Gasteiger partial charge is 0.301 e. The number of aliphatic hydroxyl groups excluding tert-OH is 1. The number of aliphatic hydroxyl groups is 1. The van der Waals surface area contributed by atoms with Gasteiger partial charge in [0.2, 0.25) is 0 Å². The first-order valence-corrected chi connectivity index (χ1v) is 13.6. The average molecular weight is 543 g/mol. The fourth-order valence-electron chi connectivity index (χ4n) is 4.90. The van der Waals surface area contributed by atoms with Gasteiger partial charge >= 0.3 is 5.91 Å². The molecule has 39 heavy (non-hydrogen) atoms. The van der Waals surface area contributed by atoms with Gasteiger partial charge in [-0.25, -0.2) is 4.98 Å². The molecular formula is C31H30N2O5S. The van der Waals surface area contributed by atoms with Gasteiger partial charge in [0.1, 0.15) is 17.3 Å². The Morgan fingerprint density at radius 2 is 1.90 bits per heavy atom. The number of hydrogen-bond acceptors (Lipinski definition) is 7. The van der Waals surface area contributed by atoms with Gasteiger partial charge < -0.3 is 14.6 Å². The molecule has 2 heterocycles. The largest absolute Gasteiger partial charge is 0.507 e. The zero-order valence-corrected chi connectivity index (χ0v) is 23.3. The number of thiazole rings is 1. The van der Waals surface area contributed by atoms with Crippen LogP contribution in [0.25, 0.3) is 16.0 Å². The molecule has 5 rings (SSSR count). The van der Waals surface area contributed by atoms with Crippen molar-refractivity contribution in [1.29, 1.82) is 0 Å². The molecule has 1 fully saturated rings. The van der Waals surface area contributed by atoms with E-state index in [2.05, 4.69) is 4.98 Å². The number of carbonyl (C=O) groups excluding carboxylic acids is 2. The molecular weight excluding hydrogens is 512 g/mol. The minimum absolute atomic E-state index is 0.0290. The lowest BCUT2D eigenvalue weighted by Gasteiger charge is -2.23. The predicted molar refractivity (Wildman–Crippen MR) is 154 cm³/mol. The molecule has 1 aromatic heterocycles. The van der Waals surface area contributed by atoms with E-state index in [1.165, 1.54) is 16.2 Å². The van der Waals surface area contributed by atoms with Crippen LogP contribution < -0.4 is 14.4 Å². The highest BCUT2D eigenvalue weighted by Crippen LogP contribution is 2.45. The number of Topliss-reactive ketones (excluding diaryl/α,β-unsaturated/α-hetero) is 1. The summed E-state index contributed by atoms with van der Waals surface area (Å²) in [6.45, 7) is 8.45. The first kappa shape index (κ1) is 26.4. The monoisotopic (exact) mass is 542 g/mol. The van der Waals surface area contributed by atoms with Crippen molar-refractivity contribution in [1.82, 2.24) is 4.98 Å². The molecule has 7 nitrogen and oxygen atoms in total. The summed E-state index contributed by atoms with van der Waals surface area (Å²) in [5.41, 5.74) is 3.75. The third-order valence-electron chi connectivity index (χ3n) is 6.80. The van der Waals surface area contributed by atoms with Gasteiger partial charge in [-0.05, 0) is 67.3 Å². The van der Waals surface area contributed by atoms with Gasteiger partial charge in [-0.2, -0.15) is 0 Å². The van der Waals surface area contributed by atoms with Crippen molar-refractivity contribution in [3.05, 3.63) is 88.5 Å². The van der Waals surface area contributed by atoms with E-state index >= 15 is 0 Å². The van der Waals surface area contributed by atoms with Gasteiger partial charge in [-0.15, -0.1) is 0 Å². The van der Waals surface area contributed by atoms with Crippen molar-refractivity contribution in [2.45, 2.75) is 39.7 Å². The van der Waals surface area contributed by atoms with Crippen LogP contribution >= 0.6 is 11.3 Å². The minimum atomic E-state index is -0.846. The molecule has 0 saturated carbocycles. The van der Waals surface area contributed by atoms with Crippen LogP contribution in [-0.2, 0) is 9.59 Å². The Morgan fingerprint density at radius 1 is 1.10 bits per heavy atom. The molecule has 200 valence electrons. The SMILES string of the molecule is CCOc1ccc(/C(O)=C2\C(=O)C(=O)N(c3nc4ccc(OC)cc4s3)C2c2cccc(C)c2)cc1C(C)C. The second-order valence-corrected chi connectivity index (χ2v) is 10.8. The van der Waals surface area contributed by atoms with Gasteiger partial charge in [0, 0.05) is 5.56 Å². The predicted octanol–water partition coefficient (Wildman–Crippen LogP) is 6.76. The number of ketones is 1. The van der Waals surface area contributed by atoms with Crippen molar-refractivity contribution in [3.63, 3.8) is 0 Å². The normalized spacial score (nSPS) is 16.9. The number of aromatic nitrogens is 1. The summed E-state index contributed by atoms with van der Waals surface area (Å²) in [6.07, 6.45) is 0. The first-order chi connectivity index (χ1) is 18.7. The third-order valence-corrected chi connectivity index (χ3v) is 7.82. The van der Waals surface area contributed by atoms with E-state index in [0.29, 0.717) is 34.1 Å². The Balaban J connectivity index is 1.71. The molecule has 4 aromatic rings. The number of amides is 1. The van der Waals surface area contributed by atoms with Crippen LogP contribution in [-0.4, -0.2) is 35.5 Å². The molecule has 1 amide bonds. The van der Waals surface area contributed by atoms with E-state index < -0.39 is 17.7 Å². The lowest BCUT2D eigenvalue weighted by atomic mass is 9.92. The standard InChI is InChI=1S/C31H30N2O5S/c1-6-38-24-13-10-20(15-22(24)17(2)3)28(34)26-27(19-9-7-8-18(4)14-19)33(30(36)29(26)35)31-32-23-12-11-21(37-5)16-25(23)39-31/h7-17,27,34H,6H2,1-5H3/b28-26+. The second-order valence-electron chi connectivity index (χ2n) is 9.75. The van der Waals surface area contributed by atoms with Crippen LogP contribution in [0.3, 0.4) is 0 Å². The fraction of sp³-hybridized carbons (Fsp3) is 0.258. The summed E-state index contributed by atoms with van der Waals surface area (Å²) in [5.74, 6) is -0.194. The Hall–Kier alpha value is -4.17. The van der Waals surface area contributed by atoms with Crippen LogP contribution in [0.15, 0.2) is 66.2 Å². The Labute approximate surface area is 231 Å². The number of methoxy groups -OCH3 is 1.